The van der Waals surface area contributed by atoms with Crippen molar-refractivity contribution in [2.45, 2.75) is 70.3 Å². The van der Waals surface area contributed by atoms with Crippen LogP contribution in [0.2, 0.25) is 0 Å². The lowest BCUT2D eigenvalue weighted by molar-refractivity contribution is -0.136. The summed E-state index contributed by atoms with van der Waals surface area (Å²) in [6, 6.07) is 18.6. The van der Waals surface area contributed by atoms with Crippen molar-refractivity contribution in [2.75, 3.05) is 7.11 Å². The van der Waals surface area contributed by atoms with Crippen LogP contribution in [0.1, 0.15) is 74.0 Å². The Kier molecular flexibility index (Phi) is 8.99. The first kappa shape index (κ1) is 25.7. The third kappa shape index (κ3) is 7.33. The molecule has 2 fully saturated rings. The molecular weight excluding hydrogens is 455 g/mol. The molecule has 5 heteroatoms. The van der Waals surface area contributed by atoms with Gasteiger partial charge in [-0.05, 0) is 77.8 Å². The van der Waals surface area contributed by atoms with Gasteiger partial charge in [0.1, 0.15) is 23.9 Å². The van der Waals surface area contributed by atoms with Gasteiger partial charge in [0.2, 0.25) is 0 Å². The standard InChI is InChI=1S/C28H29FO4.C3H6/c1-32-22-11-13-27(29)26(17-22)24-12-9-20(16-25(24)21-6-2-3-7-21)18-33-23-8-4-5-19(15-23)10-14-28(30)31;1-2-3-1/h4-5,8-9,11-13,15-17,21H,2-3,6-7,10,14,18H2,1H3,(H,30,31);1-3H2. The predicted molar refractivity (Wildman–Crippen MR) is 140 cm³/mol. The molecule has 0 aliphatic heterocycles. The van der Waals surface area contributed by atoms with Crippen LogP contribution in [0.4, 0.5) is 4.39 Å². The van der Waals surface area contributed by atoms with Gasteiger partial charge >= 0.3 is 5.97 Å². The maximum absolute atomic E-state index is 14.8. The van der Waals surface area contributed by atoms with Crippen LogP contribution in [0, 0.1) is 5.82 Å². The number of halogens is 1. The third-order valence-electron chi connectivity index (χ3n) is 6.66. The van der Waals surface area contributed by atoms with E-state index in [2.05, 4.69) is 6.07 Å². The average molecular weight is 491 g/mol. The van der Waals surface area contributed by atoms with Gasteiger partial charge in [0.05, 0.1) is 7.11 Å². The maximum atomic E-state index is 14.8. The van der Waals surface area contributed by atoms with Gasteiger partial charge in [-0.25, -0.2) is 4.39 Å². The van der Waals surface area contributed by atoms with Gasteiger partial charge < -0.3 is 14.6 Å². The molecule has 0 heterocycles. The van der Waals surface area contributed by atoms with E-state index in [0.29, 0.717) is 36.0 Å². The molecule has 0 amide bonds. The van der Waals surface area contributed by atoms with Crippen LogP contribution in [0.5, 0.6) is 11.5 Å². The molecule has 3 aromatic rings. The van der Waals surface area contributed by atoms with Gasteiger partial charge in [0.25, 0.3) is 0 Å². The van der Waals surface area contributed by atoms with Crippen molar-refractivity contribution in [1.82, 2.24) is 0 Å². The predicted octanol–water partition coefficient (Wildman–Crippen LogP) is 7.93. The van der Waals surface area contributed by atoms with Gasteiger partial charge in [-0.15, -0.1) is 0 Å². The van der Waals surface area contributed by atoms with Gasteiger partial charge in [-0.2, -0.15) is 0 Å². The molecule has 0 spiro atoms. The quantitative estimate of drug-likeness (QED) is 0.331. The number of carboxylic acid groups (broad SMARTS) is 1. The van der Waals surface area contributed by atoms with Crippen LogP contribution in [0.25, 0.3) is 11.1 Å². The highest BCUT2D eigenvalue weighted by Gasteiger charge is 2.22. The lowest BCUT2D eigenvalue weighted by Gasteiger charge is -2.19. The van der Waals surface area contributed by atoms with Gasteiger partial charge in [-0.3, -0.25) is 4.79 Å². The Hall–Kier alpha value is -3.34. The van der Waals surface area contributed by atoms with Crippen LogP contribution in [0.15, 0.2) is 60.7 Å². The van der Waals surface area contributed by atoms with E-state index < -0.39 is 5.97 Å². The summed E-state index contributed by atoms with van der Waals surface area (Å²) >= 11 is 0. The number of aryl methyl sites for hydroxylation is 1. The van der Waals surface area contributed by atoms with Crippen molar-refractivity contribution in [2.24, 2.45) is 0 Å². The number of hydrogen-bond donors (Lipinski definition) is 1. The summed E-state index contributed by atoms with van der Waals surface area (Å²) in [5, 5.41) is 8.90. The van der Waals surface area contributed by atoms with E-state index in [4.69, 9.17) is 14.6 Å². The fourth-order valence-electron chi connectivity index (χ4n) is 4.57. The number of carboxylic acids is 1. The number of methoxy groups -OCH3 is 1. The fraction of sp³-hybridized carbons (Fsp3) is 0.387. The summed E-state index contributed by atoms with van der Waals surface area (Å²) in [7, 11) is 1.59. The zero-order valence-corrected chi connectivity index (χ0v) is 21.0. The van der Waals surface area contributed by atoms with Crippen molar-refractivity contribution >= 4 is 5.97 Å². The molecule has 0 aromatic heterocycles. The zero-order valence-electron chi connectivity index (χ0n) is 21.0. The smallest absolute Gasteiger partial charge is 0.303 e. The molecule has 1 N–H and O–H groups in total. The number of aliphatic carboxylic acids is 1. The highest BCUT2D eigenvalue weighted by molar-refractivity contribution is 5.71. The highest BCUT2D eigenvalue weighted by atomic mass is 19.1. The van der Waals surface area contributed by atoms with Crippen LogP contribution in [-0.4, -0.2) is 18.2 Å². The summed E-state index contributed by atoms with van der Waals surface area (Å²) in [6.07, 6.45) is 9.65. The normalized spacial score (nSPS) is 14.6. The first-order valence-electron chi connectivity index (χ1n) is 12.9. The molecule has 190 valence electrons. The highest BCUT2D eigenvalue weighted by Crippen LogP contribution is 2.41. The Labute approximate surface area is 213 Å². The number of rotatable bonds is 9. The van der Waals surface area contributed by atoms with Crippen LogP contribution in [0.3, 0.4) is 0 Å². The molecule has 0 bridgehead atoms. The second kappa shape index (κ2) is 12.6. The molecule has 36 heavy (non-hydrogen) atoms. The Morgan fingerprint density at radius 2 is 1.67 bits per heavy atom. The summed E-state index contributed by atoms with van der Waals surface area (Å²) in [4.78, 5) is 10.8. The molecule has 3 aromatic carbocycles. The van der Waals surface area contributed by atoms with E-state index in [1.807, 2.05) is 36.4 Å². The van der Waals surface area contributed by atoms with E-state index in [9.17, 15) is 9.18 Å². The molecular formula is C31H35FO4. The van der Waals surface area contributed by atoms with Crippen molar-refractivity contribution in [3.05, 3.63) is 83.2 Å². The third-order valence-corrected chi connectivity index (χ3v) is 6.66. The maximum Gasteiger partial charge on any atom is 0.303 e. The minimum Gasteiger partial charge on any atom is -0.497 e. The van der Waals surface area contributed by atoms with Crippen molar-refractivity contribution in [3.63, 3.8) is 0 Å². The number of ether oxygens (including phenoxy) is 2. The largest absolute Gasteiger partial charge is 0.497 e. The molecule has 2 aliphatic rings. The van der Waals surface area contributed by atoms with Crippen molar-refractivity contribution < 1.29 is 23.8 Å². The number of benzene rings is 3. The number of carbonyl (C=O) groups is 1. The molecule has 0 unspecified atom stereocenters. The lowest BCUT2D eigenvalue weighted by atomic mass is 9.88. The summed E-state index contributed by atoms with van der Waals surface area (Å²) in [5.74, 6) is 0.692. The first-order valence-corrected chi connectivity index (χ1v) is 12.9. The lowest BCUT2D eigenvalue weighted by Crippen LogP contribution is -2.02. The zero-order chi connectivity index (χ0) is 25.3. The molecule has 5 rings (SSSR count). The van der Waals surface area contributed by atoms with E-state index in [0.717, 1.165) is 35.1 Å². The van der Waals surface area contributed by atoms with Gasteiger partial charge in [-0.1, -0.05) is 62.4 Å². The average Bonchev–Trinajstić information content (AvgIpc) is 3.69. The molecule has 0 saturated heterocycles. The van der Waals surface area contributed by atoms with E-state index in [1.54, 1.807) is 19.2 Å². The second-order valence-corrected chi connectivity index (χ2v) is 9.64. The van der Waals surface area contributed by atoms with Crippen molar-refractivity contribution in [1.29, 1.82) is 0 Å². The Balaban J connectivity index is 0.000000943. The Bertz CT molecular complexity index is 1160. The summed E-state index contributed by atoms with van der Waals surface area (Å²) < 4.78 is 26.1. The minimum absolute atomic E-state index is 0.0937. The summed E-state index contributed by atoms with van der Waals surface area (Å²) in [6.45, 7) is 0.392. The van der Waals surface area contributed by atoms with Crippen molar-refractivity contribution in [3.8, 4) is 22.6 Å². The Morgan fingerprint density at radius 1 is 0.889 bits per heavy atom. The molecule has 2 saturated carbocycles. The van der Waals surface area contributed by atoms with Gasteiger partial charge in [0.15, 0.2) is 0 Å². The summed E-state index contributed by atoms with van der Waals surface area (Å²) in [5.41, 5.74) is 4.61. The topological polar surface area (TPSA) is 55.8 Å². The second-order valence-electron chi connectivity index (χ2n) is 9.64. The van der Waals surface area contributed by atoms with E-state index in [1.165, 1.54) is 38.2 Å². The van der Waals surface area contributed by atoms with E-state index in [-0.39, 0.29) is 12.2 Å². The first-order chi connectivity index (χ1) is 17.5. The van der Waals surface area contributed by atoms with Gasteiger partial charge in [0, 0.05) is 12.0 Å². The van der Waals surface area contributed by atoms with Crippen LogP contribution in [-0.2, 0) is 17.8 Å². The minimum atomic E-state index is -0.812. The SMILES string of the molecule is C1CC1.COc1ccc(F)c(-c2ccc(COc3cccc(CCC(=O)O)c3)cc2C2CCCC2)c1. The van der Waals surface area contributed by atoms with Crippen LogP contribution >= 0.6 is 0 Å². The molecule has 2 aliphatic carbocycles. The van der Waals surface area contributed by atoms with E-state index >= 15 is 0 Å². The molecule has 0 atom stereocenters. The monoisotopic (exact) mass is 490 g/mol. The fourth-order valence-corrected chi connectivity index (χ4v) is 4.57. The molecule has 4 nitrogen and oxygen atoms in total. The Morgan fingerprint density at radius 3 is 2.36 bits per heavy atom. The van der Waals surface area contributed by atoms with Crippen LogP contribution < -0.4 is 9.47 Å². The molecule has 0 radical (unpaired) electrons. The number of hydrogen-bond acceptors (Lipinski definition) is 3.